The Labute approximate surface area is 119 Å². The van der Waals surface area contributed by atoms with E-state index in [1.165, 1.54) is 6.07 Å². The molecule has 1 heterocycles. The Bertz CT molecular complexity index is 827. The lowest BCUT2D eigenvalue weighted by Crippen LogP contribution is -2.01. The van der Waals surface area contributed by atoms with Crippen LogP contribution in [-0.2, 0) is 0 Å². The van der Waals surface area contributed by atoms with Gasteiger partial charge < -0.3 is 9.84 Å². The SMILES string of the molecule is O=C(O)c1cc(F)ccc1Oc1cccc2cccnc12. The Morgan fingerprint density at radius 2 is 1.90 bits per heavy atom. The first-order valence-corrected chi connectivity index (χ1v) is 6.19. The first-order chi connectivity index (χ1) is 10.1. The van der Waals surface area contributed by atoms with Crippen LogP contribution < -0.4 is 4.74 Å². The molecule has 5 heteroatoms. The minimum atomic E-state index is -1.25. The van der Waals surface area contributed by atoms with Crippen molar-refractivity contribution in [3.05, 3.63) is 66.1 Å². The summed E-state index contributed by atoms with van der Waals surface area (Å²) < 4.78 is 18.8. The quantitative estimate of drug-likeness (QED) is 0.792. The molecule has 0 fully saturated rings. The first kappa shape index (κ1) is 13.1. The van der Waals surface area contributed by atoms with E-state index >= 15 is 0 Å². The van der Waals surface area contributed by atoms with Gasteiger partial charge in [0.15, 0.2) is 5.75 Å². The van der Waals surface area contributed by atoms with Gasteiger partial charge in [0.25, 0.3) is 0 Å². The van der Waals surface area contributed by atoms with Crippen molar-refractivity contribution in [3.63, 3.8) is 0 Å². The summed E-state index contributed by atoms with van der Waals surface area (Å²) in [5, 5.41) is 9.99. The Kier molecular flexibility index (Phi) is 3.23. The van der Waals surface area contributed by atoms with Gasteiger partial charge in [0.1, 0.15) is 22.6 Å². The summed E-state index contributed by atoms with van der Waals surface area (Å²) in [4.78, 5) is 15.4. The summed E-state index contributed by atoms with van der Waals surface area (Å²) in [6.07, 6.45) is 1.62. The second kappa shape index (κ2) is 5.20. The Hall–Kier alpha value is -2.95. The molecule has 0 saturated carbocycles. The minimum absolute atomic E-state index is 0.0713. The van der Waals surface area contributed by atoms with E-state index in [1.807, 2.05) is 12.1 Å². The van der Waals surface area contributed by atoms with Gasteiger partial charge in [0, 0.05) is 11.6 Å². The fourth-order valence-corrected chi connectivity index (χ4v) is 2.04. The van der Waals surface area contributed by atoms with Crippen LogP contribution in [0.5, 0.6) is 11.5 Å². The number of carboxylic acids is 1. The highest BCUT2D eigenvalue weighted by Gasteiger charge is 2.14. The lowest BCUT2D eigenvalue weighted by molar-refractivity contribution is 0.0693. The number of rotatable bonds is 3. The van der Waals surface area contributed by atoms with Crippen molar-refractivity contribution < 1.29 is 19.0 Å². The molecule has 1 N–H and O–H groups in total. The second-order valence-corrected chi connectivity index (χ2v) is 4.38. The van der Waals surface area contributed by atoms with E-state index in [-0.39, 0.29) is 11.3 Å². The van der Waals surface area contributed by atoms with Crippen molar-refractivity contribution in [2.45, 2.75) is 0 Å². The predicted octanol–water partition coefficient (Wildman–Crippen LogP) is 3.86. The number of hydrogen-bond acceptors (Lipinski definition) is 3. The number of hydrogen-bond donors (Lipinski definition) is 1. The second-order valence-electron chi connectivity index (χ2n) is 4.38. The lowest BCUT2D eigenvalue weighted by Gasteiger charge is -2.10. The Morgan fingerprint density at radius 3 is 2.71 bits per heavy atom. The van der Waals surface area contributed by atoms with Gasteiger partial charge >= 0.3 is 5.97 Å². The number of para-hydroxylation sites is 1. The maximum Gasteiger partial charge on any atom is 0.339 e. The van der Waals surface area contributed by atoms with Gasteiger partial charge in [0.2, 0.25) is 0 Å². The molecule has 21 heavy (non-hydrogen) atoms. The molecule has 0 aliphatic heterocycles. The molecule has 3 aromatic rings. The highest BCUT2D eigenvalue weighted by molar-refractivity contribution is 5.91. The Balaban J connectivity index is 2.09. The number of aromatic nitrogens is 1. The van der Waals surface area contributed by atoms with Crippen LogP contribution in [0, 0.1) is 5.82 Å². The van der Waals surface area contributed by atoms with Crippen LogP contribution >= 0.6 is 0 Å². The van der Waals surface area contributed by atoms with Crippen molar-refractivity contribution in [1.82, 2.24) is 4.98 Å². The van der Waals surface area contributed by atoms with Gasteiger partial charge in [-0.25, -0.2) is 9.18 Å². The number of halogens is 1. The van der Waals surface area contributed by atoms with E-state index in [1.54, 1.807) is 24.4 Å². The largest absolute Gasteiger partial charge is 0.478 e. The molecule has 0 aliphatic rings. The average Bonchev–Trinajstić information content (AvgIpc) is 2.49. The van der Waals surface area contributed by atoms with Crippen LogP contribution in [0.4, 0.5) is 4.39 Å². The number of nitrogens with zero attached hydrogens (tertiary/aromatic N) is 1. The van der Waals surface area contributed by atoms with E-state index < -0.39 is 11.8 Å². The molecule has 0 radical (unpaired) electrons. The van der Waals surface area contributed by atoms with Gasteiger partial charge in [0.05, 0.1) is 0 Å². The zero-order valence-corrected chi connectivity index (χ0v) is 10.8. The van der Waals surface area contributed by atoms with Gasteiger partial charge in [-0.15, -0.1) is 0 Å². The number of benzene rings is 2. The van der Waals surface area contributed by atoms with Crippen LogP contribution in [0.15, 0.2) is 54.7 Å². The molecule has 4 nitrogen and oxygen atoms in total. The molecule has 1 aromatic heterocycles. The van der Waals surface area contributed by atoms with Crippen molar-refractivity contribution in [2.24, 2.45) is 0 Å². The molecule has 2 aromatic carbocycles. The molecular weight excluding hydrogens is 273 g/mol. The summed E-state index contributed by atoms with van der Waals surface area (Å²) in [5.41, 5.74) is 0.378. The van der Waals surface area contributed by atoms with Crippen LogP contribution in [0.2, 0.25) is 0 Å². The summed E-state index contributed by atoms with van der Waals surface area (Å²) in [6, 6.07) is 12.4. The zero-order chi connectivity index (χ0) is 14.8. The minimum Gasteiger partial charge on any atom is -0.478 e. The number of aromatic carboxylic acids is 1. The summed E-state index contributed by atoms with van der Waals surface area (Å²) in [5.74, 6) is -1.39. The highest BCUT2D eigenvalue weighted by atomic mass is 19.1. The maximum absolute atomic E-state index is 13.2. The van der Waals surface area contributed by atoms with Crippen molar-refractivity contribution in [2.75, 3.05) is 0 Å². The molecule has 0 aliphatic carbocycles. The smallest absolute Gasteiger partial charge is 0.339 e. The number of fused-ring (bicyclic) bond motifs is 1. The Morgan fingerprint density at radius 1 is 1.10 bits per heavy atom. The third-order valence-corrected chi connectivity index (χ3v) is 2.99. The number of carbonyl (C=O) groups is 1. The predicted molar refractivity (Wildman–Crippen MR) is 75.2 cm³/mol. The van der Waals surface area contributed by atoms with Crippen LogP contribution in [0.25, 0.3) is 10.9 Å². The normalized spacial score (nSPS) is 10.5. The summed E-state index contributed by atoms with van der Waals surface area (Å²) in [6.45, 7) is 0. The fraction of sp³-hybridized carbons (Fsp3) is 0. The number of pyridine rings is 1. The topological polar surface area (TPSA) is 59.4 Å². The van der Waals surface area contributed by atoms with Gasteiger partial charge in [-0.3, -0.25) is 4.98 Å². The van der Waals surface area contributed by atoms with Crippen molar-refractivity contribution in [1.29, 1.82) is 0 Å². The van der Waals surface area contributed by atoms with Crippen LogP contribution in [0.1, 0.15) is 10.4 Å². The third kappa shape index (κ3) is 2.53. The van der Waals surface area contributed by atoms with E-state index in [9.17, 15) is 9.18 Å². The van der Waals surface area contributed by atoms with Gasteiger partial charge in [-0.05, 0) is 30.3 Å². The van der Waals surface area contributed by atoms with E-state index in [0.29, 0.717) is 11.3 Å². The zero-order valence-electron chi connectivity index (χ0n) is 10.8. The molecule has 0 unspecified atom stereocenters. The van der Waals surface area contributed by atoms with Crippen molar-refractivity contribution >= 4 is 16.9 Å². The molecule has 0 amide bonds. The lowest BCUT2D eigenvalue weighted by atomic mass is 10.2. The first-order valence-electron chi connectivity index (χ1n) is 6.19. The molecule has 0 spiro atoms. The number of carboxylic acid groups (broad SMARTS) is 1. The van der Waals surface area contributed by atoms with E-state index in [0.717, 1.165) is 17.5 Å². The summed E-state index contributed by atoms with van der Waals surface area (Å²) >= 11 is 0. The standard InChI is InChI=1S/C16H10FNO3/c17-11-6-7-13(12(9-11)16(19)20)21-14-5-1-3-10-4-2-8-18-15(10)14/h1-9H,(H,19,20). The van der Waals surface area contributed by atoms with Crippen LogP contribution in [0.3, 0.4) is 0 Å². The summed E-state index contributed by atoms with van der Waals surface area (Å²) in [7, 11) is 0. The maximum atomic E-state index is 13.2. The molecule has 0 bridgehead atoms. The molecule has 0 saturated heterocycles. The molecular formula is C16H10FNO3. The monoisotopic (exact) mass is 283 g/mol. The van der Waals surface area contributed by atoms with Crippen molar-refractivity contribution in [3.8, 4) is 11.5 Å². The van der Waals surface area contributed by atoms with Gasteiger partial charge in [-0.1, -0.05) is 18.2 Å². The molecule has 3 rings (SSSR count). The molecule has 104 valence electrons. The fourth-order valence-electron chi connectivity index (χ4n) is 2.04. The van der Waals surface area contributed by atoms with E-state index in [2.05, 4.69) is 4.98 Å². The van der Waals surface area contributed by atoms with Gasteiger partial charge in [-0.2, -0.15) is 0 Å². The highest BCUT2D eigenvalue weighted by Crippen LogP contribution is 2.30. The van der Waals surface area contributed by atoms with E-state index in [4.69, 9.17) is 9.84 Å². The van der Waals surface area contributed by atoms with Crippen LogP contribution in [-0.4, -0.2) is 16.1 Å². The number of ether oxygens (including phenoxy) is 1. The third-order valence-electron chi connectivity index (χ3n) is 2.99. The average molecular weight is 283 g/mol. The molecule has 0 atom stereocenters.